The molecule has 1 N–H and O–H groups in total. The summed E-state index contributed by atoms with van der Waals surface area (Å²) >= 11 is 0. The first-order valence-electron chi connectivity index (χ1n) is 14.7. The number of aliphatic carboxylic acids is 1. The van der Waals surface area contributed by atoms with E-state index < -0.39 is 35.5 Å². The van der Waals surface area contributed by atoms with Crippen molar-refractivity contribution >= 4 is 5.97 Å². The molecule has 4 aliphatic rings. The number of carboxylic acid groups (broad SMARTS) is 1. The summed E-state index contributed by atoms with van der Waals surface area (Å²) in [4.78, 5) is 13.9. The van der Waals surface area contributed by atoms with E-state index in [4.69, 9.17) is 9.47 Å². The Bertz CT molecular complexity index is 1280. The largest absolute Gasteiger partial charge is 0.490 e. The number of hydrogen-bond donors (Lipinski definition) is 1. The highest BCUT2D eigenvalue weighted by atomic mass is 19.4. The Balaban J connectivity index is 1.21. The van der Waals surface area contributed by atoms with Crippen LogP contribution in [0.4, 0.5) is 17.6 Å². The van der Waals surface area contributed by atoms with Crippen LogP contribution in [0.25, 0.3) is 0 Å². The molecular weight excluding hydrogens is 538 g/mol. The smallest absolute Gasteiger partial charge is 0.416 e. The highest BCUT2D eigenvalue weighted by molar-refractivity contribution is 5.71. The van der Waals surface area contributed by atoms with Crippen molar-refractivity contribution < 1.29 is 36.9 Å². The van der Waals surface area contributed by atoms with Gasteiger partial charge in [0, 0.05) is 36.9 Å². The van der Waals surface area contributed by atoms with Gasteiger partial charge < -0.3 is 14.6 Å². The van der Waals surface area contributed by atoms with Crippen LogP contribution in [0.2, 0.25) is 0 Å². The molecule has 0 amide bonds. The first-order valence-corrected chi connectivity index (χ1v) is 14.7. The zero-order valence-corrected chi connectivity index (χ0v) is 23.4. The molecule has 3 fully saturated rings. The van der Waals surface area contributed by atoms with E-state index in [0.29, 0.717) is 32.2 Å². The Morgan fingerprint density at radius 3 is 2.37 bits per heavy atom. The van der Waals surface area contributed by atoms with Crippen molar-refractivity contribution in [2.24, 2.45) is 29.6 Å². The number of benzene rings is 2. The molecule has 9 heteroatoms. The van der Waals surface area contributed by atoms with Gasteiger partial charge >= 0.3 is 12.1 Å². The Morgan fingerprint density at radius 1 is 1.02 bits per heavy atom. The fraction of sp³-hybridized carbons (Fsp3) is 0.594. The zero-order valence-electron chi connectivity index (χ0n) is 23.4. The molecule has 6 rings (SSSR count). The zero-order chi connectivity index (χ0) is 29.1. The van der Waals surface area contributed by atoms with Gasteiger partial charge in [-0.05, 0) is 85.4 Å². The molecule has 1 aliphatic carbocycles. The molecule has 2 aromatic carbocycles. The quantitative estimate of drug-likeness (QED) is 0.372. The molecule has 4 unspecified atom stereocenters. The summed E-state index contributed by atoms with van der Waals surface area (Å²) in [5, 5.41) is 9.71. The van der Waals surface area contributed by atoms with Crippen molar-refractivity contribution in [3.05, 3.63) is 64.5 Å². The van der Waals surface area contributed by atoms with E-state index in [-0.39, 0.29) is 35.3 Å². The minimum absolute atomic E-state index is 0.0360. The maximum absolute atomic E-state index is 14.1. The second kappa shape index (κ2) is 10.9. The summed E-state index contributed by atoms with van der Waals surface area (Å²) in [6.45, 7) is 5.61. The summed E-state index contributed by atoms with van der Waals surface area (Å²) in [6, 6.07) is 8.32. The van der Waals surface area contributed by atoms with E-state index >= 15 is 0 Å². The van der Waals surface area contributed by atoms with Crippen LogP contribution in [0.3, 0.4) is 0 Å². The fourth-order valence-corrected chi connectivity index (χ4v) is 7.72. The number of carboxylic acids is 1. The maximum Gasteiger partial charge on any atom is 0.416 e. The molecule has 2 bridgehead atoms. The van der Waals surface area contributed by atoms with Gasteiger partial charge in [0.05, 0.1) is 24.7 Å². The molecule has 1 saturated carbocycles. The molecule has 6 atom stereocenters. The third kappa shape index (κ3) is 5.59. The molecule has 3 aliphatic heterocycles. The van der Waals surface area contributed by atoms with Gasteiger partial charge in [-0.3, -0.25) is 9.69 Å². The number of hydrogen-bond acceptors (Lipinski definition) is 4. The van der Waals surface area contributed by atoms with Gasteiger partial charge in [0.15, 0.2) is 0 Å². The Labute approximate surface area is 237 Å². The number of alkyl halides is 3. The second-order valence-corrected chi connectivity index (χ2v) is 12.5. The van der Waals surface area contributed by atoms with Crippen LogP contribution in [-0.2, 0) is 22.1 Å². The third-order valence-corrected chi connectivity index (χ3v) is 9.95. The van der Waals surface area contributed by atoms with Gasteiger partial charge in [-0.15, -0.1) is 0 Å². The number of halogens is 4. The van der Waals surface area contributed by atoms with Crippen molar-refractivity contribution in [3.8, 4) is 5.75 Å². The Hall–Kier alpha value is -2.65. The van der Waals surface area contributed by atoms with Gasteiger partial charge in [-0.1, -0.05) is 19.1 Å². The summed E-state index contributed by atoms with van der Waals surface area (Å²) in [6.07, 6.45) is -0.813. The molecule has 2 aromatic rings. The van der Waals surface area contributed by atoms with Crippen LogP contribution in [0.1, 0.15) is 67.3 Å². The predicted molar refractivity (Wildman–Crippen MR) is 144 cm³/mol. The lowest BCUT2D eigenvalue weighted by molar-refractivity contribution is -0.142. The van der Waals surface area contributed by atoms with E-state index in [1.165, 1.54) is 0 Å². The molecule has 0 spiro atoms. The molecule has 2 saturated heterocycles. The van der Waals surface area contributed by atoms with Gasteiger partial charge in [0.2, 0.25) is 0 Å². The lowest BCUT2D eigenvalue weighted by Crippen LogP contribution is -2.57. The van der Waals surface area contributed by atoms with E-state index in [9.17, 15) is 27.5 Å². The molecule has 0 radical (unpaired) electrons. The highest BCUT2D eigenvalue weighted by Crippen LogP contribution is 2.49. The van der Waals surface area contributed by atoms with Gasteiger partial charge in [0.25, 0.3) is 0 Å². The lowest BCUT2D eigenvalue weighted by Gasteiger charge is -2.51. The van der Waals surface area contributed by atoms with Crippen LogP contribution >= 0.6 is 0 Å². The molecule has 0 aromatic heterocycles. The van der Waals surface area contributed by atoms with Crippen molar-refractivity contribution in [3.63, 3.8) is 0 Å². The van der Waals surface area contributed by atoms with E-state index in [1.54, 1.807) is 13.8 Å². The maximum atomic E-state index is 14.1. The van der Waals surface area contributed by atoms with Gasteiger partial charge in [-0.2, -0.15) is 13.2 Å². The van der Waals surface area contributed by atoms with E-state index in [0.717, 1.165) is 60.8 Å². The monoisotopic (exact) mass is 575 g/mol. The lowest BCUT2D eigenvalue weighted by atomic mass is 9.71. The number of ether oxygens (including phenoxy) is 2. The SMILES string of the molecule is C[C@H](C(=O)O)C(c1ccc2c(c1)OC(C1C3COCC1CN([C@@H](C)c1cc(F)ccc1C(F)(F)F)C3)CC2)C1CC1. The minimum atomic E-state index is -4.56. The average Bonchev–Trinajstić information content (AvgIpc) is 3.76. The van der Waals surface area contributed by atoms with Crippen molar-refractivity contribution in [1.82, 2.24) is 4.90 Å². The topological polar surface area (TPSA) is 59.0 Å². The number of rotatable bonds is 7. The van der Waals surface area contributed by atoms with Crippen LogP contribution < -0.4 is 4.74 Å². The standard InChI is InChI=1S/C32H37F4NO4/c1-17(31(38)39)29(20-4-5-20)21-6-3-19-7-10-27(41-28(19)11-21)30-22-13-37(14-23(30)16-40-15-22)18(2)25-12-24(33)8-9-26(25)32(34,35)36/h3,6,8-9,11-12,17-18,20,22-23,27,29-30H,4-5,7,10,13-16H2,1-2H3,(H,38,39)/t17-,18-,22?,23?,27?,29?,30?/m0/s1. The predicted octanol–water partition coefficient (Wildman–Crippen LogP) is 6.71. The number of piperidine rings is 1. The average molecular weight is 576 g/mol. The fourth-order valence-electron chi connectivity index (χ4n) is 7.72. The van der Waals surface area contributed by atoms with Gasteiger partial charge in [0.1, 0.15) is 17.7 Å². The molecular formula is C32H37F4NO4. The van der Waals surface area contributed by atoms with Crippen LogP contribution in [0.5, 0.6) is 5.75 Å². The number of fused-ring (bicyclic) bond motifs is 3. The molecule has 222 valence electrons. The van der Waals surface area contributed by atoms with Gasteiger partial charge in [-0.25, -0.2) is 4.39 Å². The summed E-state index contributed by atoms with van der Waals surface area (Å²) in [5.41, 5.74) is 1.32. The van der Waals surface area contributed by atoms with E-state index in [1.807, 2.05) is 4.90 Å². The first kappa shape index (κ1) is 28.5. The molecule has 3 heterocycles. The van der Waals surface area contributed by atoms with Crippen LogP contribution in [0.15, 0.2) is 36.4 Å². The summed E-state index contributed by atoms with van der Waals surface area (Å²) < 4.78 is 68.0. The van der Waals surface area contributed by atoms with Crippen LogP contribution in [0, 0.1) is 35.4 Å². The summed E-state index contributed by atoms with van der Waals surface area (Å²) in [5.74, 6) is -0.411. The molecule has 41 heavy (non-hydrogen) atoms. The number of aryl methyl sites for hydroxylation is 1. The minimum Gasteiger partial charge on any atom is -0.490 e. The normalized spacial score (nSPS) is 28.7. The Kier molecular flexibility index (Phi) is 7.55. The highest BCUT2D eigenvalue weighted by Gasteiger charge is 2.48. The van der Waals surface area contributed by atoms with Crippen molar-refractivity contribution in [1.29, 1.82) is 0 Å². The number of carbonyl (C=O) groups is 1. The Morgan fingerprint density at radius 2 is 1.73 bits per heavy atom. The van der Waals surface area contributed by atoms with Crippen LogP contribution in [-0.4, -0.2) is 48.4 Å². The second-order valence-electron chi connectivity index (χ2n) is 12.5. The first-order chi connectivity index (χ1) is 19.5. The van der Waals surface area contributed by atoms with Crippen molar-refractivity contribution in [2.45, 2.75) is 63.8 Å². The number of likely N-dealkylation sites (tertiary alicyclic amines) is 1. The van der Waals surface area contributed by atoms with E-state index in [2.05, 4.69) is 18.2 Å². The molecule has 5 nitrogen and oxygen atoms in total. The van der Waals surface area contributed by atoms with Crippen molar-refractivity contribution in [2.75, 3.05) is 26.3 Å². The summed E-state index contributed by atoms with van der Waals surface area (Å²) in [7, 11) is 0. The number of nitrogens with zero attached hydrogens (tertiary/aromatic N) is 1. The third-order valence-electron chi connectivity index (χ3n) is 9.95.